The number of carboxylic acids is 1. The van der Waals surface area contributed by atoms with Crippen molar-refractivity contribution in [1.82, 2.24) is 5.32 Å². The molecule has 0 aromatic heterocycles. The highest BCUT2D eigenvalue weighted by molar-refractivity contribution is 6.04. The van der Waals surface area contributed by atoms with Crippen LogP contribution in [0.3, 0.4) is 0 Å². The number of benzene rings is 2. The normalized spacial score (nSPS) is 13.1. The van der Waals surface area contributed by atoms with Crippen molar-refractivity contribution < 1.29 is 19.8 Å². The van der Waals surface area contributed by atoms with Crippen molar-refractivity contribution in [1.29, 1.82) is 0 Å². The molecule has 0 fully saturated rings. The molecular weight excluding hydrogens is 318 g/mol. The molecule has 25 heavy (non-hydrogen) atoms. The summed E-state index contributed by atoms with van der Waals surface area (Å²) in [5, 5.41) is 22.4. The number of carboxylic acid groups (broad SMARTS) is 1. The second-order valence-corrected chi connectivity index (χ2v) is 6.33. The summed E-state index contributed by atoms with van der Waals surface area (Å²) in [6.45, 7) is 3.78. The van der Waals surface area contributed by atoms with Gasteiger partial charge in [0.05, 0.1) is 11.2 Å². The molecule has 5 nitrogen and oxygen atoms in total. The molecule has 0 radical (unpaired) electrons. The van der Waals surface area contributed by atoms with Crippen molar-refractivity contribution in [2.45, 2.75) is 32.3 Å². The predicted molar refractivity (Wildman–Crippen MR) is 96.7 cm³/mol. The van der Waals surface area contributed by atoms with Crippen LogP contribution in [-0.2, 0) is 0 Å². The van der Waals surface area contributed by atoms with Crippen LogP contribution in [0.25, 0.3) is 11.1 Å². The van der Waals surface area contributed by atoms with Crippen molar-refractivity contribution in [3.8, 4) is 11.1 Å². The zero-order valence-corrected chi connectivity index (χ0v) is 14.5. The van der Waals surface area contributed by atoms with Gasteiger partial charge in [0.1, 0.15) is 0 Å². The highest BCUT2D eigenvalue weighted by Crippen LogP contribution is 2.27. The van der Waals surface area contributed by atoms with Crippen LogP contribution >= 0.6 is 0 Å². The van der Waals surface area contributed by atoms with E-state index in [1.54, 1.807) is 49.4 Å². The summed E-state index contributed by atoms with van der Waals surface area (Å²) < 4.78 is 0. The van der Waals surface area contributed by atoms with Crippen LogP contribution in [0.2, 0.25) is 0 Å². The van der Waals surface area contributed by atoms with Crippen LogP contribution in [-0.4, -0.2) is 34.2 Å². The third-order valence-electron chi connectivity index (χ3n) is 4.04. The first-order chi connectivity index (χ1) is 11.9. The van der Waals surface area contributed by atoms with Crippen LogP contribution in [0.1, 0.15) is 47.4 Å². The Labute approximate surface area is 147 Å². The van der Waals surface area contributed by atoms with E-state index in [1.807, 2.05) is 6.92 Å². The molecule has 0 bridgehead atoms. The van der Waals surface area contributed by atoms with Gasteiger partial charge in [-0.25, -0.2) is 4.79 Å². The van der Waals surface area contributed by atoms with Gasteiger partial charge in [0, 0.05) is 12.1 Å². The average molecular weight is 341 g/mol. The Morgan fingerprint density at radius 2 is 1.52 bits per heavy atom. The monoisotopic (exact) mass is 341 g/mol. The molecule has 5 heteroatoms. The van der Waals surface area contributed by atoms with Crippen LogP contribution in [0.15, 0.2) is 48.5 Å². The highest BCUT2D eigenvalue weighted by Gasteiger charge is 2.22. The molecular formula is C20H23NO4. The molecule has 0 saturated carbocycles. The Kier molecular flexibility index (Phi) is 5.93. The molecule has 132 valence electrons. The third kappa shape index (κ3) is 4.67. The van der Waals surface area contributed by atoms with Crippen LogP contribution in [0, 0.1) is 0 Å². The summed E-state index contributed by atoms with van der Waals surface area (Å²) in [6, 6.07) is 13.4. The van der Waals surface area contributed by atoms with Gasteiger partial charge in [-0.3, -0.25) is 4.79 Å². The second kappa shape index (κ2) is 7.94. The minimum absolute atomic E-state index is 0.134. The molecule has 1 unspecified atom stereocenters. The molecule has 1 atom stereocenters. The number of hydrogen-bond acceptors (Lipinski definition) is 3. The molecule has 0 saturated heterocycles. The molecule has 3 N–H and O–H groups in total. The van der Waals surface area contributed by atoms with Gasteiger partial charge >= 0.3 is 5.97 Å². The lowest BCUT2D eigenvalue weighted by molar-refractivity contribution is 0.0470. The number of carbonyl (C=O) groups is 2. The van der Waals surface area contributed by atoms with Gasteiger partial charge < -0.3 is 15.5 Å². The van der Waals surface area contributed by atoms with Gasteiger partial charge in [0.25, 0.3) is 5.91 Å². The van der Waals surface area contributed by atoms with E-state index in [4.69, 9.17) is 0 Å². The number of carbonyl (C=O) groups excluding carboxylic acids is 1. The zero-order chi connectivity index (χ0) is 18.4. The fraction of sp³-hybridized carbons (Fsp3) is 0.300. The maximum Gasteiger partial charge on any atom is 0.336 e. The molecule has 0 aliphatic heterocycles. The summed E-state index contributed by atoms with van der Waals surface area (Å²) in [5.41, 5.74) is 0.580. The van der Waals surface area contributed by atoms with E-state index in [-0.39, 0.29) is 18.0 Å². The van der Waals surface area contributed by atoms with Gasteiger partial charge in [0.2, 0.25) is 0 Å². The van der Waals surface area contributed by atoms with E-state index in [0.29, 0.717) is 23.1 Å². The average Bonchev–Trinajstić information content (AvgIpc) is 2.59. The molecule has 0 heterocycles. The van der Waals surface area contributed by atoms with Crippen LogP contribution in [0.4, 0.5) is 0 Å². The van der Waals surface area contributed by atoms with E-state index < -0.39 is 11.6 Å². The first-order valence-corrected chi connectivity index (χ1v) is 8.28. The predicted octanol–water partition coefficient (Wildman–Crippen LogP) is 3.33. The fourth-order valence-electron chi connectivity index (χ4n) is 2.81. The lowest BCUT2D eigenvalue weighted by Crippen LogP contribution is -2.40. The quantitative estimate of drug-likeness (QED) is 0.721. The third-order valence-corrected chi connectivity index (χ3v) is 4.04. The summed E-state index contributed by atoms with van der Waals surface area (Å²) in [7, 11) is 0. The Bertz CT molecular complexity index is 768. The van der Waals surface area contributed by atoms with Crippen molar-refractivity contribution >= 4 is 11.9 Å². The number of hydrogen-bond donors (Lipinski definition) is 3. The number of rotatable bonds is 7. The van der Waals surface area contributed by atoms with Crippen molar-refractivity contribution in [3.05, 3.63) is 59.7 Å². The zero-order valence-electron chi connectivity index (χ0n) is 14.5. The molecule has 0 spiro atoms. The lowest BCUT2D eigenvalue weighted by atomic mass is 9.94. The minimum Gasteiger partial charge on any atom is -0.478 e. The molecule has 0 aliphatic rings. The minimum atomic E-state index is -1.04. The fourth-order valence-corrected chi connectivity index (χ4v) is 2.81. The van der Waals surface area contributed by atoms with Crippen molar-refractivity contribution in [3.63, 3.8) is 0 Å². The van der Waals surface area contributed by atoms with Crippen molar-refractivity contribution in [2.24, 2.45) is 0 Å². The summed E-state index contributed by atoms with van der Waals surface area (Å²) in [6.07, 6.45) is 1.39. The maximum absolute atomic E-state index is 12.6. The highest BCUT2D eigenvalue weighted by atomic mass is 16.4. The summed E-state index contributed by atoms with van der Waals surface area (Å²) in [4.78, 5) is 24.1. The Hall–Kier alpha value is -2.66. The van der Waals surface area contributed by atoms with E-state index in [1.165, 1.54) is 6.07 Å². The summed E-state index contributed by atoms with van der Waals surface area (Å²) >= 11 is 0. The Balaban J connectivity index is 2.33. The number of aliphatic hydroxyl groups is 1. The second-order valence-electron chi connectivity index (χ2n) is 6.33. The van der Waals surface area contributed by atoms with Crippen LogP contribution < -0.4 is 5.32 Å². The van der Waals surface area contributed by atoms with E-state index in [0.717, 1.165) is 6.42 Å². The lowest BCUT2D eigenvalue weighted by Gasteiger charge is -2.23. The largest absolute Gasteiger partial charge is 0.478 e. The Morgan fingerprint density at radius 3 is 2.08 bits per heavy atom. The number of amides is 1. The smallest absolute Gasteiger partial charge is 0.336 e. The topological polar surface area (TPSA) is 86.6 Å². The van der Waals surface area contributed by atoms with Gasteiger partial charge in [-0.1, -0.05) is 49.7 Å². The summed E-state index contributed by atoms with van der Waals surface area (Å²) in [5.74, 6) is -1.39. The van der Waals surface area contributed by atoms with Gasteiger partial charge in [-0.15, -0.1) is 0 Å². The van der Waals surface area contributed by atoms with E-state index in [9.17, 15) is 19.8 Å². The first kappa shape index (κ1) is 18.7. The number of aromatic carboxylic acids is 1. The van der Waals surface area contributed by atoms with Gasteiger partial charge in [-0.2, -0.15) is 0 Å². The molecule has 0 aliphatic carbocycles. The molecule has 2 aromatic rings. The SMILES string of the molecule is CCCC(C)(O)CNC(=O)c1ccccc1-c1ccccc1C(=O)O. The van der Waals surface area contributed by atoms with Crippen molar-refractivity contribution in [2.75, 3.05) is 6.54 Å². The van der Waals surface area contributed by atoms with Gasteiger partial charge in [0.15, 0.2) is 0 Å². The molecule has 2 aromatic carbocycles. The van der Waals surface area contributed by atoms with Gasteiger partial charge in [-0.05, 0) is 36.6 Å². The standard InChI is InChI=1S/C20H23NO4/c1-3-12-20(2,25)13-21-18(22)16-10-6-4-8-14(16)15-9-5-7-11-17(15)19(23)24/h4-11,25H,3,12-13H2,1-2H3,(H,21,22)(H,23,24). The first-order valence-electron chi connectivity index (χ1n) is 8.28. The Morgan fingerprint density at radius 1 is 1.00 bits per heavy atom. The number of nitrogens with one attached hydrogen (secondary N) is 1. The van der Waals surface area contributed by atoms with E-state index >= 15 is 0 Å². The molecule has 1 amide bonds. The van der Waals surface area contributed by atoms with Crippen LogP contribution in [0.5, 0.6) is 0 Å². The molecule has 2 rings (SSSR count). The van der Waals surface area contributed by atoms with E-state index in [2.05, 4.69) is 5.32 Å². The maximum atomic E-state index is 12.6.